The molecule has 6 rings (SSSR count). The van der Waals surface area contributed by atoms with Gasteiger partial charge in [-0.05, 0) is 0 Å². The second-order valence-electron chi connectivity index (χ2n) is 6.86. The van der Waals surface area contributed by atoms with Gasteiger partial charge < -0.3 is 0 Å². The average Bonchev–Trinajstić information content (AvgIpc) is 3.17. The third kappa shape index (κ3) is 1.78. The summed E-state index contributed by atoms with van der Waals surface area (Å²) in [6, 6.07) is 17.9. The van der Waals surface area contributed by atoms with Crippen LogP contribution in [0.1, 0.15) is 17.5 Å². The summed E-state index contributed by atoms with van der Waals surface area (Å²) in [5.74, 6) is 0. The number of nitrogens with zero attached hydrogens (tertiary/aromatic N) is 1. The normalized spacial score (nSPS) is 14.1. The molecule has 2 aromatic heterocycles. The topological polar surface area (TPSA) is 20.7 Å². The van der Waals surface area contributed by atoms with E-state index in [1.54, 1.807) is 0 Å². The second-order valence-corrected chi connectivity index (χ2v) is 8.60. The van der Waals surface area contributed by atoms with Gasteiger partial charge in [0, 0.05) is 0 Å². The number of hydrogen-bond acceptors (Lipinski definition) is 0. The van der Waals surface area contributed by atoms with Crippen molar-refractivity contribution in [3.8, 4) is 0 Å². The molecule has 3 heteroatoms. The van der Waals surface area contributed by atoms with Crippen LogP contribution in [0.25, 0.3) is 49.7 Å². The quantitative estimate of drug-likeness (QED) is 0.270. The molecule has 0 atom stereocenters. The van der Waals surface area contributed by atoms with Gasteiger partial charge >= 0.3 is 162 Å². The molecule has 3 aromatic carbocycles. The SMILES string of the molecule is [Pb][n]1c2ccc3c(c2c2ccc4[nH]c5ccccc5c4c21)CCC=C3. The molecule has 0 saturated carbocycles. The van der Waals surface area contributed by atoms with E-state index in [2.05, 4.69) is 68.0 Å². The molecule has 5 aromatic rings. The van der Waals surface area contributed by atoms with E-state index < -0.39 is 0 Å². The molecule has 0 bridgehead atoms. The molecule has 0 spiro atoms. The second kappa shape index (κ2) is 4.97. The predicted molar refractivity (Wildman–Crippen MR) is 107 cm³/mol. The van der Waals surface area contributed by atoms with E-state index in [0.717, 1.165) is 38.9 Å². The van der Waals surface area contributed by atoms with Crippen molar-refractivity contribution in [2.24, 2.45) is 0 Å². The number of benzene rings is 3. The summed E-state index contributed by atoms with van der Waals surface area (Å²) >= 11 is 0.982. The first-order valence-corrected chi connectivity index (χ1v) is 10.4. The van der Waals surface area contributed by atoms with Crippen molar-refractivity contribution in [3.05, 3.63) is 65.7 Å². The van der Waals surface area contributed by atoms with Gasteiger partial charge in [0.1, 0.15) is 0 Å². The molecule has 25 heavy (non-hydrogen) atoms. The fourth-order valence-corrected chi connectivity index (χ4v) is 6.11. The molecule has 2 heterocycles. The molecule has 117 valence electrons. The van der Waals surface area contributed by atoms with E-state index in [1.165, 1.54) is 54.7 Å². The van der Waals surface area contributed by atoms with Crippen LogP contribution >= 0.6 is 0 Å². The van der Waals surface area contributed by atoms with Crippen LogP contribution in [0, 0.1) is 0 Å². The van der Waals surface area contributed by atoms with Gasteiger partial charge in [-0.3, -0.25) is 0 Å². The summed E-state index contributed by atoms with van der Waals surface area (Å²) in [4.78, 5) is 3.59. The molecule has 1 aliphatic carbocycles. The molecule has 1 N–H and O–H groups in total. The molecular weight excluding hydrogens is 499 g/mol. The zero-order valence-electron chi connectivity index (χ0n) is 13.6. The average molecular weight is 515 g/mol. The minimum atomic E-state index is 0.982. The summed E-state index contributed by atoms with van der Waals surface area (Å²) in [5.41, 5.74) is 8.18. The van der Waals surface area contributed by atoms with Gasteiger partial charge in [0.25, 0.3) is 0 Å². The molecule has 0 amide bonds. The van der Waals surface area contributed by atoms with Crippen molar-refractivity contribution in [3.63, 3.8) is 0 Å². The fraction of sp³-hybridized carbons (Fsp3) is 0.0909. The van der Waals surface area contributed by atoms with Crippen molar-refractivity contribution in [1.29, 1.82) is 0 Å². The number of rotatable bonds is 0. The number of para-hydroxylation sites is 1. The number of aromatic amines is 1. The number of aromatic nitrogens is 2. The Balaban J connectivity index is 1.92. The van der Waals surface area contributed by atoms with Gasteiger partial charge in [0.2, 0.25) is 0 Å². The van der Waals surface area contributed by atoms with Crippen LogP contribution in [0.4, 0.5) is 0 Å². The maximum absolute atomic E-state index is 3.59. The van der Waals surface area contributed by atoms with Crippen LogP contribution in [0.15, 0.2) is 54.6 Å². The third-order valence-electron chi connectivity index (χ3n) is 5.56. The van der Waals surface area contributed by atoms with Crippen LogP contribution < -0.4 is 0 Å². The number of allylic oxidation sites excluding steroid dienone is 1. The molecule has 1 aliphatic rings. The van der Waals surface area contributed by atoms with Crippen LogP contribution in [-0.4, -0.2) is 33.4 Å². The van der Waals surface area contributed by atoms with Gasteiger partial charge in [-0.2, -0.15) is 0 Å². The Morgan fingerprint density at radius 1 is 0.880 bits per heavy atom. The van der Waals surface area contributed by atoms with E-state index in [1.807, 2.05) is 0 Å². The van der Waals surface area contributed by atoms with E-state index in [-0.39, 0.29) is 0 Å². The predicted octanol–water partition coefficient (Wildman–Crippen LogP) is 5.32. The summed E-state index contributed by atoms with van der Waals surface area (Å²) < 4.78 is 2.52. The van der Waals surface area contributed by atoms with Gasteiger partial charge in [-0.25, -0.2) is 0 Å². The van der Waals surface area contributed by atoms with E-state index in [4.69, 9.17) is 0 Å². The molecule has 3 radical (unpaired) electrons. The van der Waals surface area contributed by atoms with Crippen LogP contribution in [0.3, 0.4) is 0 Å². The first-order valence-electron chi connectivity index (χ1n) is 8.70. The number of hydrogen-bond donors (Lipinski definition) is 1. The van der Waals surface area contributed by atoms with Crippen LogP contribution in [0.5, 0.6) is 0 Å². The molecular formula is C22H15N2Pb. The van der Waals surface area contributed by atoms with Crippen molar-refractivity contribution in [2.45, 2.75) is 12.8 Å². The summed E-state index contributed by atoms with van der Waals surface area (Å²) in [5, 5.41) is 5.59. The third-order valence-corrected chi connectivity index (χ3v) is 7.37. The maximum atomic E-state index is 3.59. The number of aryl methyl sites for hydroxylation is 1. The van der Waals surface area contributed by atoms with E-state index >= 15 is 0 Å². The first-order chi connectivity index (χ1) is 12.3. The molecule has 0 aliphatic heterocycles. The Bertz CT molecular complexity index is 1350. The van der Waals surface area contributed by atoms with Crippen LogP contribution in [-0.2, 0) is 6.42 Å². The van der Waals surface area contributed by atoms with Crippen LogP contribution in [0.2, 0.25) is 0 Å². The Hall–Kier alpha value is -2.08. The van der Waals surface area contributed by atoms with Gasteiger partial charge in [-0.15, -0.1) is 0 Å². The first kappa shape index (κ1) is 14.1. The standard InChI is InChI=1S/C22H15N2.Pb/c1-2-6-14-13(5-1)9-11-18-20(14)16-10-12-19-21(22(16)24-18)15-7-3-4-8-17(15)23-19;/h1,3-5,7-12,23H,2,6H2;/q-1;+1. The Labute approximate surface area is 161 Å². The molecule has 0 saturated heterocycles. The van der Waals surface area contributed by atoms with Crippen molar-refractivity contribution in [2.75, 3.05) is 0 Å². The molecule has 0 unspecified atom stereocenters. The van der Waals surface area contributed by atoms with Crippen molar-refractivity contribution in [1.82, 2.24) is 7.36 Å². The fourth-order valence-electron chi connectivity index (χ4n) is 4.48. The molecule has 0 fully saturated rings. The number of fused-ring (bicyclic) bond motifs is 9. The summed E-state index contributed by atoms with van der Waals surface area (Å²) in [6.07, 6.45) is 6.88. The summed E-state index contributed by atoms with van der Waals surface area (Å²) in [6.45, 7) is 0. The van der Waals surface area contributed by atoms with Gasteiger partial charge in [-0.1, -0.05) is 0 Å². The van der Waals surface area contributed by atoms with Crippen molar-refractivity contribution < 1.29 is 0 Å². The van der Waals surface area contributed by atoms with Gasteiger partial charge in [0.15, 0.2) is 0 Å². The Kier molecular flexibility index (Phi) is 2.81. The zero-order valence-corrected chi connectivity index (χ0v) is 17.5. The summed E-state index contributed by atoms with van der Waals surface area (Å²) in [7, 11) is 0. The zero-order chi connectivity index (χ0) is 16.5. The Morgan fingerprint density at radius 2 is 1.80 bits per heavy atom. The molecule has 2 nitrogen and oxygen atoms in total. The number of H-pyrrole nitrogens is 1. The van der Waals surface area contributed by atoms with Gasteiger partial charge in [0.05, 0.1) is 0 Å². The van der Waals surface area contributed by atoms with E-state index in [9.17, 15) is 0 Å². The number of nitrogens with one attached hydrogen (secondary N) is 1. The van der Waals surface area contributed by atoms with Crippen molar-refractivity contribution >= 4 is 75.8 Å². The monoisotopic (exact) mass is 515 g/mol. The Morgan fingerprint density at radius 3 is 2.76 bits per heavy atom. The minimum absolute atomic E-state index is 0.982. The van der Waals surface area contributed by atoms with E-state index in [0.29, 0.717) is 0 Å².